The van der Waals surface area contributed by atoms with Crippen LogP contribution in [0.3, 0.4) is 0 Å². The van der Waals surface area contributed by atoms with Crippen LogP contribution in [-0.2, 0) is 29.2 Å². The number of piperazine rings is 1. The van der Waals surface area contributed by atoms with E-state index in [1.165, 1.54) is 7.11 Å². The number of aromatic nitrogens is 2. The molecule has 2 aromatic heterocycles. The van der Waals surface area contributed by atoms with Gasteiger partial charge in [-0.15, -0.1) is 0 Å². The van der Waals surface area contributed by atoms with Gasteiger partial charge >= 0.3 is 5.97 Å². The van der Waals surface area contributed by atoms with Gasteiger partial charge in [-0.05, 0) is 55.8 Å². The molecule has 6 rings (SSSR count). The van der Waals surface area contributed by atoms with Gasteiger partial charge in [0.25, 0.3) is 5.91 Å². The molecule has 4 heterocycles. The Labute approximate surface area is 248 Å². The molecule has 2 fully saturated rings. The Balaban J connectivity index is 1.08. The van der Waals surface area contributed by atoms with Gasteiger partial charge in [0.1, 0.15) is 23.9 Å². The zero-order valence-electron chi connectivity index (χ0n) is 23.7. The Kier molecular flexibility index (Phi) is 8.19. The van der Waals surface area contributed by atoms with Crippen molar-refractivity contribution in [3.8, 4) is 5.75 Å². The quantitative estimate of drug-likeness (QED) is 0.258. The van der Waals surface area contributed by atoms with Crippen LogP contribution in [0.5, 0.6) is 5.75 Å². The van der Waals surface area contributed by atoms with Gasteiger partial charge in [-0.2, -0.15) is 0 Å². The molecule has 1 atom stereocenters. The van der Waals surface area contributed by atoms with Gasteiger partial charge in [0.15, 0.2) is 5.76 Å². The highest BCUT2D eigenvalue weighted by atomic mass is 35.5. The molecule has 0 bridgehead atoms. The highest BCUT2D eigenvalue weighted by Crippen LogP contribution is 2.27. The second kappa shape index (κ2) is 12.2. The van der Waals surface area contributed by atoms with Crippen molar-refractivity contribution >= 4 is 34.5 Å². The van der Waals surface area contributed by atoms with Crippen LogP contribution in [-0.4, -0.2) is 77.2 Å². The van der Waals surface area contributed by atoms with Crippen molar-refractivity contribution in [1.29, 1.82) is 0 Å². The first-order valence-electron chi connectivity index (χ1n) is 14.1. The van der Waals surface area contributed by atoms with Crippen LogP contribution >= 0.6 is 11.6 Å². The number of nitrogens with zero attached hydrogens (tertiary/aromatic N) is 4. The molecular formula is C31H33ClN4O6. The highest BCUT2D eigenvalue weighted by Gasteiger charge is 2.27. The van der Waals surface area contributed by atoms with Crippen molar-refractivity contribution in [2.45, 2.75) is 39.1 Å². The van der Waals surface area contributed by atoms with Crippen molar-refractivity contribution in [3.63, 3.8) is 0 Å². The van der Waals surface area contributed by atoms with Gasteiger partial charge < -0.3 is 28.1 Å². The van der Waals surface area contributed by atoms with E-state index >= 15 is 0 Å². The first-order chi connectivity index (χ1) is 20.4. The molecule has 2 aromatic carbocycles. The second-order valence-electron chi connectivity index (χ2n) is 10.6. The molecule has 0 aliphatic carbocycles. The summed E-state index contributed by atoms with van der Waals surface area (Å²) in [6.45, 7) is 6.72. The molecule has 0 spiro atoms. The monoisotopic (exact) mass is 592 g/mol. The smallest absolute Gasteiger partial charge is 0.337 e. The van der Waals surface area contributed by atoms with Crippen LogP contribution in [0.25, 0.3) is 11.0 Å². The van der Waals surface area contributed by atoms with Gasteiger partial charge in [0.05, 0.1) is 42.9 Å². The molecule has 0 N–H and O–H groups in total. The van der Waals surface area contributed by atoms with E-state index in [9.17, 15) is 9.59 Å². The Morgan fingerprint density at radius 2 is 1.90 bits per heavy atom. The minimum atomic E-state index is -0.376. The molecule has 11 heteroatoms. The molecule has 10 nitrogen and oxygen atoms in total. The summed E-state index contributed by atoms with van der Waals surface area (Å²) in [7, 11) is 1.38. The number of imidazole rings is 1. The summed E-state index contributed by atoms with van der Waals surface area (Å²) in [5.74, 6) is 1.95. The van der Waals surface area contributed by atoms with Crippen LogP contribution < -0.4 is 4.74 Å². The van der Waals surface area contributed by atoms with Crippen LogP contribution in [0.1, 0.15) is 44.5 Å². The molecule has 0 radical (unpaired) electrons. The van der Waals surface area contributed by atoms with Crippen molar-refractivity contribution in [3.05, 3.63) is 82.0 Å². The molecule has 0 saturated carbocycles. The Hall–Kier alpha value is -3.86. The lowest BCUT2D eigenvalue weighted by molar-refractivity contribution is -0.0592. The number of halogens is 1. The maximum Gasteiger partial charge on any atom is 0.337 e. The topological polar surface area (TPSA) is 99.3 Å². The lowest BCUT2D eigenvalue weighted by atomic mass is 10.1. The highest BCUT2D eigenvalue weighted by molar-refractivity contribution is 6.31. The van der Waals surface area contributed by atoms with E-state index in [0.717, 1.165) is 35.4 Å². The molecule has 4 aromatic rings. The molecule has 220 valence electrons. The maximum absolute atomic E-state index is 13.2. The van der Waals surface area contributed by atoms with Gasteiger partial charge in [-0.1, -0.05) is 17.7 Å². The zero-order chi connectivity index (χ0) is 29.2. The summed E-state index contributed by atoms with van der Waals surface area (Å²) in [6, 6.07) is 14.4. The first-order valence-corrected chi connectivity index (χ1v) is 14.4. The first kappa shape index (κ1) is 28.3. The Morgan fingerprint density at radius 1 is 1.10 bits per heavy atom. The number of benzene rings is 2. The van der Waals surface area contributed by atoms with Crippen LogP contribution in [0.2, 0.25) is 5.02 Å². The molecular weight excluding hydrogens is 560 g/mol. The SMILES string of the molecule is COC(=O)c1ccc2nc(CN3CCN(C(=O)c4ccc(COc5cccc(Cl)c5C)o4)CC3)n(C[C@@H]3CCO3)c2c1. The molecule has 1 amide bonds. The summed E-state index contributed by atoms with van der Waals surface area (Å²) in [4.78, 5) is 34.3. The predicted molar refractivity (Wildman–Crippen MR) is 156 cm³/mol. The lowest BCUT2D eigenvalue weighted by Gasteiger charge is -2.34. The third-order valence-electron chi connectivity index (χ3n) is 7.91. The van der Waals surface area contributed by atoms with E-state index in [1.54, 1.807) is 18.2 Å². The van der Waals surface area contributed by atoms with Crippen LogP contribution in [0.15, 0.2) is 52.9 Å². The van der Waals surface area contributed by atoms with E-state index in [4.69, 9.17) is 35.2 Å². The van der Waals surface area contributed by atoms with Crippen LogP contribution in [0, 0.1) is 6.92 Å². The maximum atomic E-state index is 13.2. The minimum Gasteiger partial charge on any atom is -0.485 e. The predicted octanol–water partition coefficient (Wildman–Crippen LogP) is 4.70. The number of ether oxygens (including phenoxy) is 3. The summed E-state index contributed by atoms with van der Waals surface area (Å²) < 4.78 is 24.5. The number of hydrogen-bond acceptors (Lipinski definition) is 8. The number of furan rings is 1. The summed E-state index contributed by atoms with van der Waals surface area (Å²) >= 11 is 6.18. The van der Waals surface area contributed by atoms with Gasteiger partial charge in [-0.25, -0.2) is 9.78 Å². The van der Waals surface area contributed by atoms with Crippen molar-refractivity contribution in [2.24, 2.45) is 0 Å². The Morgan fingerprint density at radius 3 is 2.64 bits per heavy atom. The van der Waals surface area contributed by atoms with E-state index in [0.29, 0.717) is 67.1 Å². The zero-order valence-corrected chi connectivity index (χ0v) is 24.4. The second-order valence-corrected chi connectivity index (χ2v) is 11.0. The molecule has 2 saturated heterocycles. The number of carbonyl (C=O) groups is 2. The van der Waals surface area contributed by atoms with E-state index in [-0.39, 0.29) is 24.6 Å². The molecule has 0 unspecified atom stereocenters. The summed E-state index contributed by atoms with van der Waals surface area (Å²) in [5, 5.41) is 0.638. The molecule has 2 aliphatic heterocycles. The minimum absolute atomic E-state index is 0.135. The fourth-order valence-electron chi connectivity index (χ4n) is 5.30. The number of amides is 1. The number of carbonyl (C=O) groups excluding carboxylic acids is 2. The third kappa shape index (κ3) is 5.88. The average molecular weight is 593 g/mol. The fourth-order valence-corrected chi connectivity index (χ4v) is 5.47. The number of fused-ring (bicyclic) bond motifs is 1. The van der Waals surface area contributed by atoms with E-state index in [1.807, 2.05) is 42.2 Å². The van der Waals surface area contributed by atoms with E-state index < -0.39 is 0 Å². The van der Waals surface area contributed by atoms with E-state index in [2.05, 4.69) is 9.47 Å². The van der Waals surface area contributed by atoms with Gasteiger partial charge in [0.2, 0.25) is 0 Å². The van der Waals surface area contributed by atoms with Crippen molar-refractivity contribution < 1.29 is 28.2 Å². The summed E-state index contributed by atoms with van der Waals surface area (Å²) in [6.07, 6.45) is 1.13. The molecule has 42 heavy (non-hydrogen) atoms. The molecule has 2 aliphatic rings. The average Bonchev–Trinajstić information content (AvgIpc) is 3.59. The number of rotatable bonds is 9. The normalized spacial score (nSPS) is 17.3. The van der Waals surface area contributed by atoms with Crippen LogP contribution in [0.4, 0.5) is 0 Å². The third-order valence-corrected chi connectivity index (χ3v) is 8.32. The van der Waals surface area contributed by atoms with Crippen molar-refractivity contribution in [2.75, 3.05) is 39.9 Å². The number of methoxy groups -OCH3 is 1. The summed E-state index contributed by atoms with van der Waals surface area (Å²) in [5.41, 5.74) is 3.07. The Bertz CT molecular complexity index is 1600. The van der Waals surface area contributed by atoms with Gasteiger partial charge in [-0.3, -0.25) is 9.69 Å². The largest absolute Gasteiger partial charge is 0.485 e. The number of hydrogen-bond donors (Lipinski definition) is 0. The van der Waals surface area contributed by atoms with Crippen molar-refractivity contribution in [1.82, 2.24) is 19.4 Å². The standard InChI is InChI=1S/C31H33ClN4O6/c1-20-24(32)4-3-5-27(20)41-19-23-7-9-28(42-23)30(37)35-13-11-34(12-14-35)18-29-33-25-8-6-21(31(38)39-2)16-26(25)36(29)17-22-10-15-40-22/h3-9,16,22H,10-15,17-19H2,1-2H3/t22-/m0/s1. The number of esters is 1. The lowest BCUT2D eigenvalue weighted by Crippen LogP contribution is -2.48. The fraction of sp³-hybridized carbons (Fsp3) is 0.387. The van der Waals surface area contributed by atoms with Gasteiger partial charge in [0, 0.05) is 43.4 Å².